The summed E-state index contributed by atoms with van der Waals surface area (Å²) >= 11 is 14.0. The van der Waals surface area contributed by atoms with Crippen LogP contribution in [0.2, 0.25) is 10.0 Å². The normalized spacial score (nSPS) is 11.1. The number of amides is 2. The molecule has 0 aliphatic rings. The van der Waals surface area contributed by atoms with Crippen molar-refractivity contribution in [1.82, 2.24) is 19.9 Å². The fraction of sp³-hybridized carbons (Fsp3) is 0.429. The Hall–Kier alpha value is -2.55. The molecule has 1 N–H and O–H groups in total. The van der Waals surface area contributed by atoms with Gasteiger partial charge in [-0.25, -0.2) is 9.78 Å². The summed E-state index contributed by atoms with van der Waals surface area (Å²) in [5.41, 5.74) is 1.88. The topological polar surface area (TPSA) is 86.1 Å². The number of imidazole rings is 1. The van der Waals surface area contributed by atoms with Gasteiger partial charge < -0.3 is 9.30 Å². The minimum atomic E-state index is -0.774. The van der Waals surface area contributed by atoms with Crippen LogP contribution >= 0.6 is 35.0 Å². The third-order valence-corrected chi connectivity index (χ3v) is 7.32. The third kappa shape index (κ3) is 9.33. The number of hydrogen-bond acceptors (Lipinski definition) is 6. The van der Waals surface area contributed by atoms with Crippen molar-refractivity contribution in [3.05, 3.63) is 69.9 Å². The van der Waals surface area contributed by atoms with E-state index in [2.05, 4.69) is 31.1 Å². The number of halogens is 2. The van der Waals surface area contributed by atoms with Crippen molar-refractivity contribution in [3.63, 3.8) is 0 Å². The van der Waals surface area contributed by atoms with Crippen molar-refractivity contribution in [2.75, 3.05) is 0 Å². The van der Waals surface area contributed by atoms with Gasteiger partial charge in [-0.3, -0.25) is 15.1 Å². The number of imide groups is 1. The Morgan fingerprint density at radius 3 is 2.39 bits per heavy atom. The van der Waals surface area contributed by atoms with Crippen LogP contribution in [0.15, 0.2) is 52.6 Å². The zero-order chi connectivity index (χ0) is 27.5. The van der Waals surface area contributed by atoms with Crippen molar-refractivity contribution in [3.8, 4) is 0 Å². The van der Waals surface area contributed by atoms with E-state index >= 15 is 0 Å². The van der Waals surface area contributed by atoms with E-state index in [0.717, 1.165) is 53.3 Å². The van der Waals surface area contributed by atoms with Gasteiger partial charge in [0.05, 0.1) is 12.2 Å². The smallest absolute Gasteiger partial charge is 0.414 e. The molecule has 0 radical (unpaired) electrons. The number of rotatable bonds is 13. The zero-order valence-electron chi connectivity index (χ0n) is 22.0. The molecular formula is C28H34Cl2N4O3S. The number of ether oxygens (including phenoxy) is 1. The summed E-state index contributed by atoms with van der Waals surface area (Å²) in [6, 6.07) is 9.24. The highest BCUT2D eigenvalue weighted by molar-refractivity contribution is 7.99. The summed E-state index contributed by atoms with van der Waals surface area (Å²) in [5.74, 6) is 0.347. The van der Waals surface area contributed by atoms with Crippen LogP contribution in [0.1, 0.15) is 82.3 Å². The first-order valence-corrected chi connectivity index (χ1v) is 14.4. The number of benzene rings is 1. The van der Waals surface area contributed by atoms with Gasteiger partial charge in [0.15, 0.2) is 6.61 Å². The lowest BCUT2D eigenvalue weighted by Gasteiger charge is -2.14. The molecule has 10 heteroatoms. The molecule has 204 valence electrons. The minimum Gasteiger partial charge on any atom is -0.441 e. The van der Waals surface area contributed by atoms with Crippen LogP contribution < -0.4 is 5.32 Å². The van der Waals surface area contributed by atoms with E-state index in [-0.39, 0.29) is 18.4 Å². The van der Waals surface area contributed by atoms with E-state index in [0.29, 0.717) is 28.8 Å². The number of carbonyl (C=O) groups excluding carboxylic acids is 2. The molecule has 0 saturated carbocycles. The minimum absolute atomic E-state index is 0.0860. The lowest BCUT2D eigenvalue weighted by atomic mass is 10.1. The summed E-state index contributed by atoms with van der Waals surface area (Å²) in [6.07, 6.45) is 8.10. The molecule has 3 aromatic rings. The van der Waals surface area contributed by atoms with Gasteiger partial charge >= 0.3 is 6.09 Å². The number of aromatic nitrogens is 3. The molecule has 3 rings (SSSR count). The fourth-order valence-electron chi connectivity index (χ4n) is 3.86. The molecule has 0 aliphatic carbocycles. The number of hydrogen-bond donors (Lipinski definition) is 1. The maximum atomic E-state index is 12.4. The predicted molar refractivity (Wildman–Crippen MR) is 152 cm³/mol. The molecular weight excluding hydrogens is 543 g/mol. The summed E-state index contributed by atoms with van der Waals surface area (Å²) in [5, 5.41) is 4.31. The van der Waals surface area contributed by atoms with Gasteiger partial charge in [-0.05, 0) is 48.2 Å². The maximum absolute atomic E-state index is 12.4. The second-order valence-electron chi connectivity index (χ2n) is 9.31. The molecule has 7 nitrogen and oxygen atoms in total. The number of nitrogens with zero attached hydrogens (tertiary/aromatic N) is 3. The lowest BCUT2D eigenvalue weighted by Crippen LogP contribution is -2.31. The Morgan fingerprint density at radius 1 is 1.05 bits per heavy atom. The molecule has 2 heterocycles. The monoisotopic (exact) mass is 576 g/mol. The van der Waals surface area contributed by atoms with Gasteiger partial charge in [0, 0.05) is 33.8 Å². The Balaban J connectivity index is 1.79. The number of alkyl carbamates (subject to hydrolysis) is 1. The van der Waals surface area contributed by atoms with Gasteiger partial charge in [0.25, 0.3) is 0 Å². The number of carbonyl (C=O) groups is 2. The molecule has 1 aromatic carbocycles. The van der Waals surface area contributed by atoms with Gasteiger partial charge in [0.2, 0.25) is 5.91 Å². The van der Waals surface area contributed by atoms with Gasteiger partial charge in [-0.2, -0.15) is 0 Å². The second kappa shape index (κ2) is 15.1. The van der Waals surface area contributed by atoms with Crippen molar-refractivity contribution in [1.29, 1.82) is 0 Å². The second-order valence-corrected chi connectivity index (χ2v) is 11.2. The van der Waals surface area contributed by atoms with Gasteiger partial charge in [0.1, 0.15) is 10.9 Å². The van der Waals surface area contributed by atoms with E-state index in [9.17, 15) is 9.59 Å². The number of unbranched alkanes of at least 4 members (excludes halogenated alkanes) is 4. The molecule has 0 atom stereocenters. The molecule has 2 aromatic heterocycles. The average molecular weight is 578 g/mol. The predicted octanol–water partition coefficient (Wildman–Crippen LogP) is 8.02. The molecule has 0 unspecified atom stereocenters. The Kier molecular flexibility index (Phi) is 12.0. The summed E-state index contributed by atoms with van der Waals surface area (Å²) in [6.45, 7) is 6.67. The first-order valence-electron chi connectivity index (χ1n) is 12.9. The maximum Gasteiger partial charge on any atom is 0.414 e. The van der Waals surface area contributed by atoms with E-state index in [1.807, 2.05) is 28.8 Å². The van der Waals surface area contributed by atoms with Crippen LogP contribution in [0.3, 0.4) is 0 Å². The third-order valence-electron chi connectivity index (χ3n) is 5.79. The summed E-state index contributed by atoms with van der Waals surface area (Å²) in [7, 11) is 0. The number of pyridine rings is 1. The highest BCUT2D eigenvalue weighted by Crippen LogP contribution is 2.37. The van der Waals surface area contributed by atoms with Crippen LogP contribution in [-0.4, -0.2) is 26.5 Å². The van der Waals surface area contributed by atoms with Crippen LogP contribution in [0, 0.1) is 0 Å². The molecule has 38 heavy (non-hydrogen) atoms. The van der Waals surface area contributed by atoms with Gasteiger partial charge in [-0.1, -0.05) is 81.4 Å². The molecule has 0 aliphatic heterocycles. The molecule has 0 saturated heterocycles. The lowest BCUT2D eigenvalue weighted by molar-refractivity contribution is -0.120. The fourth-order valence-corrected chi connectivity index (χ4v) is 5.78. The highest BCUT2D eigenvalue weighted by Gasteiger charge is 2.22. The molecule has 0 bridgehead atoms. The largest absolute Gasteiger partial charge is 0.441 e. The van der Waals surface area contributed by atoms with E-state index in [1.54, 1.807) is 18.5 Å². The van der Waals surface area contributed by atoms with E-state index < -0.39 is 6.09 Å². The van der Waals surface area contributed by atoms with Crippen LogP contribution in [0.25, 0.3) is 0 Å². The highest BCUT2D eigenvalue weighted by atomic mass is 35.5. The first kappa shape index (κ1) is 30.0. The number of nitrogens with one attached hydrogen (secondary N) is 1. The van der Waals surface area contributed by atoms with Crippen molar-refractivity contribution in [2.24, 2.45) is 0 Å². The summed E-state index contributed by atoms with van der Waals surface area (Å²) < 4.78 is 7.46. The Labute approximate surface area is 238 Å². The molecule has 0 spiro atoms. The standard InChI is InChI=1S/C28H34Cl2N4O3S/c1-4-5-6-7-8-9-25(35)33-28(36)37-18-24-32-26(19(2)3)27(34(24)17-20-10-12-31-13-11-20)38-23-15-21(29)14-22(30)16-23/h10-16,19H,4-9,17-18H2,1-3H3,(H,33,35,36). The molecule has 2 amide bonds. The average Bonchev–Trinajstić information content (AvgIpc) is 3.19. The molecule has 0 fully saturated rings. The quantitative estimate of drug-likeness (QED) is 0.207. The van der Waals surface area contributed by atoms with Crippen molar-refractivity contribution >= 4 is 47.0 Å². The van der Waals surface area contributed by atoms with Crippen molar-refractivity contribution < 1.29 is 14.3 Å². The van der Waals surface area contributed by atoms with Crippen LogP contribution in [0.4, 0.5) is 4.79 Å². The van der Waals surface area contributed by atoms with E-state index in [4.69, 9.17) is 32.9 Å². The summed E-state index contributed by atoms with van der Waals surface area (Å²) in [4.78, 5) is 34.4. The van der Waals surface area contributed by atoms with E-state index in [1.165, 1.54) is 11.8 Å². The SMILES string of the molecule is CCCCCCCC(=O)NC(=O)OCc1nc(C(C)C)c(Sc2cc(Cl)cc(Cl)c2)n1Cc1ccncc1. The first-order chi connectivity index (χ1) is 18.3. The Bertz CT molecular complexity index is 1200. The Morgan fingerprint density at radius 2 is 1.74 bits per heavy atom. The van der Waals surface area contributed by atoms with Crippen LogP contribution in [-0.2, 0) is 22.7 Å². The van der Waals surface area contributed by atoms with Crippen LogP contribution in [0.5, 0.6) is 0 Å². The van der Waals surface area contributed by atoms with Crippen molar-refractivity contribution in [2.45, 2.75) is 88.3 Å². The van der Waals surface area contributed by atoms with Gasteiger partial charge in [-0.15, -0.1) is 0 Å². The zero-order valence-corrected chi connectivity index (χ0v) is 24.3.